The molecule has 0 aliphatic carbocycles. The fraction of sp³-hybridized carbons (Fsp3) is 0.364. The Morgan fingerprint density at radius 1 is 1.10 bits per heavy atom. The van der Waals surface area contributed by atoms with Crippen molar-refractivity contribution in [2.24, 2.45) is 0 Å². The fourth-order valence-corrected chi connectivity index (χ4v) is 3.52. The van der Waals surface area contributed by atoms with Crippen molar-refractivity contribution in [1.29, 1.82) is 0 Å². The molecule has 1 amide bonds. The number of rotatable bonds is 6. The van der Waals surface area contributed by atoms with Crippen molar-refractivity contribution < 1.29 is 9.32 Å². The molecule has 7 nitrogen and oxygen atoms in total. The standard InChI is InChI=1S/C22H25N5O2/c1-17-5-2-3-6-19(17)16-26-11-13-27(14-12-26)21(28)9-8-20-24-22(25-29-20)18-7-4-10-23-15-18/h2-7,10,15H,8-9,11-14,16H2,1H3. The van der Waals surface area contributed by atoms with Crippen molar-refractivity contribution in [2.45, 2.75) is 26.3 Å². The van der Waals surface area contributed by atoms with Crippen LogP contribution in [0.3, 0.4) is 0 Å². The van der Waals surface area contributed by atoms with Gasteiger partial charge in [0.2, 0.25) is 17.6 Å². The normalized spacial score (nSPS) is 14.9. The third-order valence-electron chi connectivity index (χ3n) is 5.32. The largest absolute Gasteiger partial charge is 0.340 e. The van der Waals surface area contributed by atoms with E-state index in [0.717, 1.165) is 38.3 Å². The Bertz CT molecular complexity index is 949. The van der Waals surface area contributed by atoms with Crippen LogP contribution in [-0.4, -0.2) is 57.0 Å². The van der Waals surface area contributed by atoms with Crippen LogP contribution in [0, 0.1) is 6.92 Å². The summed E-state index contributed by atoms with van der Waals surface area (Å²) in [5.41, 5.74) is 3.47. The van der Waals surface area contributed by atoms with E-state index in [2.05, 4.69) is 51.2 Å². The second-order valence-corrected chi connectivity index (χ2v) is 7.34. The van der Waals surface area contributed by atoms with Gasteiger partial charge in [-0.05, 0) is 30.2 Å². The summed E-state index contributed by atoms with van der Waals surface area (Å²) in [7, 11) is 0. The van der Waals surface area contributed by atoms with Gasteiger partial charge in [-0.25, -0.2) is 0 Å². The molecule has 0 saturated carbocycles. The molecule has 3 heterocycles. The number of nitrogens with zero attached hydrogens (tertiary/aromatic N) is 5. The maximum Gasteiger partial charge on any atom is 0.227 e. The number of piperazine rings is 1. The first kappa shape index (κ1) is 19.3. The number of hydrogen-bond acceptors (Lipinski definition) is 6. The number of aromatic nitrogens is 3. The summed E-state index contributed by atoms with van der Waals surface area (Å²) < 4.78 is 5.28. The molecule has 1 aliphatic rings. The van der Waals surface area contributed by atoms with E-state index in [1.54, 1.807) is 12.4 Å². The van der Waals surface area contributed by atoms with Crippen LogP contribution in [0.25, 0.3) is 11.4 Å². The number of pyridine rings is 1. The Kier molecular flexibility index (Phi) is 5.95. The molecule has 7 heteroatoms. The van der Waals surface area contributed by atoms with Gasteiger partial charge in [-0.3, -0.25) is 14.7 Å². The van der Waals surface area contributed by atoms with Crippen LogP contribution in [0.15, 0.2) is 53.3 Å². The Morgan fingerprint density at radius 3 is 2.69 bits per heavy atom. The zero-order valence-electron chi connectivity index (χ0n) is 16.6. The quantitative estimate of drug-likeness (QED) is 0.643. The number of amides is 1. The van der Waals surface area contributed by atoms with Gasteiger partial charge in [0, 0.05) is 63.5 Å². The molecule has 0 atom stereocenters. The molecular weight excluding hydrogens is 366 g/mol. The van der Waals surface area contributed by atoms with E-state index < -0.39 is 0 Å². The van der Waals surface area contributed by atoms with Crippen LogP contribution < -0.4 is 0 Å². The predicted molar refractivity (Wildman–Crippen MR) is 109 cm³/mol. The highest BCUT2D eigenvalue weighted by Crippen LogP contribution is 2.16. The van der Waals surface area contributed by atoms with Crippen molar-refractivity contribution in [3.63, 3.8) is 0 Å². The van der Waals surface area contributed by atoms with Gasteiger partial charge in [0.1, 0.15) is 0 Å². The van der Waals surface area contributed by atoms with E-state index in [1.807, 2.05) is 17.0 Å². The molecule has 0 bridgehead atoms. The third-order valence-corrected chi connectivity index (χ3v) is 5.32. The minimum Gasteiger partial charge on any atom is -0.340 e. The van der Waals surface area contributed by atoms with Gasteiger partial charge < -0.3 is 9.42 Å². The number of carbonyl (C=O) groups excluding carboxylic acids is 1. The summed E-state index contributed by atoms with van der Waals surface area (Å²) >= 11 is 0. The van der Waals surface area contributed by atoms with E-state index in [-0.39, 0.29) is 5.91 Å². The van der Waals surface area contributed by atoms with Crippen molar-refractivity contribution in [3.05, 3.63) is 65.8 Å². The second kappa shape index (κ2) is 8.96. The topological polar surface area (TPSA) is 75.4 Å². The molecule has 29 heavy (non-hydrogen) atoms. The number of aryl methyl sites for hydroxylation is 2. The third kappa shape index (κ3) is 4.86. The lowest BCUT2D eigenvalue weighted by Gasteiger charge is -2.35. The summed E-state index contributed by atoms with van der Waals surface area (Å²) in [6.07, 6.45) is 4.22. The number of hydrogen-bond donors (Lipinski definition) is 0. The Labute approximate surface area is 170 Å². The predicted octanol–water partition coefficient (Wildman–Crippen LogP) is 2.72. The van der Waals surface area contributed by atoms with E-state index in [0.29, 0.717) is 24.6 Å². The molecule has 2 aromatic heterocycles. The summed E-state index contributed by atoms with van der Waals surface area (Å²) in [6, 6.07) is 12.2. The van der Waals surface area contributed by atoms with E-state index in [4.69, 9.17) is 4.52 Å². The number of benzene rings is 1. The summed E-state index contributed by atoms with van der Waals surface area (Å²) in [5.74, 6) is 1.13. The molecule has 1 saturated heterocycles. The molecule has 150 valence electrons. The van der Waals surface area contributed by atoms with Crippen LogP contribution >= 0.6 is 0 Å². The van der Waals surface area contributed by atoms with Crippen LogP contribution in [0.2, 0.25) is 0 Å². The van der Waals surface area contributed by atoms with E-state index >= 15 is 0 Å². The highest BCUT2D eigenvalue weighted by molar-refractivity contribution is 5.76. The van der Waals surface area contributed by atoms with Gasteiger partial charge in [0.05, 0.1) is 0 Å². The van der Waals surface area contributed by atoms with Gasteiger partial charge in [0.25, 0.3) is 0 Å². The highest BCUT2D eigenvalue weighted by Gasteiger charge is 2.22. The van der Waals surface area contributed by atoms with Crippen molar-refractivity contribution in [2.75, 3.05) is 26.2 Å². The molecular formula is C22H25N5O2. The minimum atomic E-state index is 0.140. The Hall–Kier alpha value is -3.06. The van der Waals surface area contributed by atoms with Crippen molar-refractivity contribution in [3.8, 4) is 11.4 Å². The molecule has 1 aromatic carbocycles. The monoisotopic (exact) mass is 391 g/mol. The Balaban J connectivity index is 1.24. The summed E-state index contributed by atoms with van der Waals surface area (Å²) in [5, 5.41) is 3.98. The smallest absolute Gasteiger partial charge is 0.227 e. The van der Waals surface area contributed by atoms with E-state index in [9.17, 15) is 4.79 Å². The van der Waals surface area contributed by atoms with Gasteiger partial charge in [-0.15, -0.1) is 0 Å². The second-order valence-electron chi connectivity index (χ2n) is 7.34. The molecule has 1 fully saturated rings. The first-order chi connectivity index (χ1) is 14.2. The zero-order chi connectivity index (χ0) is 20.1. The first-order valence-electron chi connectivity index (χ1n) is 9.96. The number of carbonyl (C=O) groups is 1. The zero-order valence-corrected chi connectivity index (χ0v) is 16.6. The van der Waals surface area contributed by atoms with Crippen LogP contribution in [0.1, 0.15) is 23.4 Å². The van der Waals surface area contributed by atoms with E-state index in [1.165, 1.54) is 11.1 Å². The fourth-order valence-electron chi connectivity index (χ4n) is 3.52. The maximum absolute atomic E-state index is 12.6. The molecule has 0 radical (unpaired) electrons. The lowest BCUT2D eigenvalue weighted by Crippen LogP contribution is -2.48. The molecule has 0 unspecified atom stereocenters. The minimum absolute atomic E-state index is 0.140. The van der Waals surface area contributed by atoms with Crippen molar-refractivity contribution in [1.82, 2.24) is 24.9 Å². The summed E-state index contributed by atoms with van der Waals surface area (Å²) in [4.78, 5) is 25.3. The van der Waals surface area contributed by atoms with Crippen molar-refractivity contribution >= 4 is 5.91 Å². The lowest BCUT2D eigenvalue weighted by atomic mass is 10.1. The summed E-state index contributed by atoms with van der Waals surface area (Å²) in [6.45, 7) is 6.39. The highest BCUT2D eigenvalue weighted by atomic mass is 16.5. The van der Waals surface area contributed by atoms with Crippen LogP contribution in [0.4, 0.5) is 0 Å². The molecule has 4 rings (SSSR count). The lowest BCUT2D eigenvalue weighted by molar-refractivity contribution is -0.133. The van der Waals surface area contributed by atoms with Gasteiger partial charge in [-0.1, -0.05) is 29.4 Å². The average molecular weight is 391 g/mol. The van der Waals surface area contributed by atoms with Crippen LogP contribution in [-0.2, 0) is 17.8 Å². The average Bonchev–Trinajstić information content (AvgIpc) is 3.24. The first-order valence-corrected chi connectivity index (χ1v) is 9.96. The van der Waals surface area contributed by atoms with Gasteiger partial charge in [0.15, 0.2) is 0 Å². The van der Waals surface area contributed by atoms with Gasteiger partial charge in [-0.2, -0.15) is 4.98 Å². The molecule has 0 spiro atoms. The SMILES string of the molecule is Cc1ccccc1CN1CCN(C(=O)CCc2nc(-c3cccnc3)no2)CC1. The Morgan fingerprint density at radius 2 is 1.93 bits per heavy atom. The molecule has 3 aromatic rings. The maximum atomic E-state index is 12.6. The molecule has 0 N–H and O–H groups in total. The van der Waals surface area contributed by atoms with Gasteiger partial charge >= 0.3 is 0 Å². The molecule has 1 aliphatic heterocycles. The van der Waals surface area contributed by atoms with Crippen LogP contribution in [0.5, 0.6) is 0 Å².